The van der Waals surface area contributed by atoms with E-state index in [-0.39, 0.29) is 29.0 Å². The van der Waals surface area contributed by atoms with Crippen LogP contribution in [0.15, 0.2) is 81.9 Å². The Bertz CT molecular complexity index is 1880. The number of allylic oxidation sites excluding steroid dienone is 2. The molecule has 0 amide bonds. The number of benzene rings is 2. The van der Waals surface area contributed by atoms with Crippen LogP contribution in [0.25, 0.3) is 10.1 Å². The fourth-order valence-corrected chi connectivity index (χ4v) is 11.6. The summed E-state index contributed by atoms with van der Waals surface area (Å²) in [6.45, 7) is 4.76. The smallest absolute Gasteiger partial charge is 0.252 e. The highest BCUT2D eigenvalue weighted by Gasteiger charge is 2.58. The van der Waals surface area contributed by atoms with Crippen LogP contribution in [0.2, 0.25) is 0 Å². The summed E-state index contributed by atoms with van der Waals surface area (Å²) in [5.41, 5.74) is 1.46. The monoisotopic (exact) mass is 721 g/mol. The lowest BCUT2D eigenvalue weighted by atomic mass is 9.65. The number of carbonyl (C=O) groups excluding carboxylic acids is 1. The van der Waals surface area contributed by atoms with Crippen molar-refractivity contribution in [3.8, 4) is 0 Å². The van der Waals surface area contributed by atoms with Gasteiger partial charge in [-0.05, 0) is 110 Å². The summed E-state index contributed by atoms with van der Waals surface area (Å²) in [6.07, 6.45) is 6.29. The van der Waals surface area contributed by atoms with Crippen LogP contribution in [0.4, 0.5) is 0 Å². The molecule has 0 spiro atoms. The summed E-state index contributed by atoms with van der Waals surface area (Å²) in [6, 6.07) is 19.3. The number of aliphatic hydroxyl groups is 2. The van der Waals surface area contributed by atoms with Crippen LogP contribution in [-0.4, -0.2) is 67.2 Å². The van der Waals surface area contributed by atoms with Gasteiger partial charge in [0.05, 0.1) is 16.6 Å². The van der Waals surface area contributed by atoms with Crippen molar-refractivity contribution < 1.29 is 28.2 Å². The largest absolute Gasteiger partial charge is 0.393 e. The zero-order valence-electron chi connectivity index (χ0n) is 28.6. The van der Waals surface area contributed by atoms with Gasteiger partial charge in [-0.25, -0.2) is 8.42 Å². The molecule has 1 saturated carbocycles. The van der Waals surface area contributed by atoms with E-state index in [9.17, 15) is 23.4 Å². The van der Waals surface area contributed by atoms with Crippen LogP contribution in [0, 0.1) is 5.41 Å². The maximum absolute atomic E-state index is 14.5. The van der Waals surface area contributed by atoms with Crippen molar-refractivity contribution in [1.29, 1.82) is 0 Å². The highest BCUT2D eigenvalue weighted by atomic mass is 32.2. The SMILES string of the molecule is COCCCN(CC1(O)CCC2c3ccc(cc3C(=O)c3cc4ccccc4s3)CC(O)CCC(C)=CCCC21C)S(=O)(=O)c1cccs1. The van der Waals surface area contributed by atoms with Crippen LogP contribution >= 0.6 is 22.7 Å². The van der Waals surface area contributed by atoms with Gasteiger partial charge < -0.3 is 14.9 Å². The van der Waals surface area contributed by atoms with Gasteiger partial charge in [-0.15, -0.1) is 22.7 Å². The van der Waals surface area contributed by atoms with E-state index in [0.29, 0.717) is 62.0 Å². The van der Waals surface area contributed by atoms with E-state index in [1.165, 1.54) is 32.6 Å². The number of aliphatic hydroxyl groups excluding tert-OH is 1. The number of nitrogens with zero attached hydrogens (tertiary/aromatic N) is 1. The molecule has 0 aliphatic heterocycles. The Morgan fingerprint density at radius 1 is 1.08 bits per heavy atom. The Kier molecular flexibility index (Phi) is 11.0. The van der Waals surface area contributed by atoms with Gasteiger partial charge in [-0.2, -0.15) is 4.31 Å². The third-order valence-electron chi connectivity index (χ3n) is 10.8. The quantitative estimate of drug-likeness (QED) is 0.0979. The van der Waals surface area contributed by atoms with Crippen LogP contribution in [0.3, 0.4) is 0 Å². The second-order valence-electron chi connectivity index (χ2n) is 14.0. The molecule has 2 heterocycles. The van der Waals surface area contributed by atoms with E-state index in [2.05, 4.69) is 19.9 Å². The summed E-state index contributed by atoms with van der Waals surface area (Å²) in [4.78, 5) is 15.2. The highest BCUT2D eigenvalue weighted by molar-refractivity contribution is 7.91. The van der Waals surface area contributed by atoms with Crippen molar-refractivity contribution in [2.75, 3.05) is 26.8 Å². The van der Waals surface area contributed by atoms with Crippen LogP contribution in [0.1, 0.15) is 91.1 Å². The van der Waals surface area contributed by atoms with Crippen LogP contribution in [0.5, 0.6) is 0 Å². The maximum Gasteiger partial charge on any atom is 0.252 e. The second kappa shape index (κ2) is 14.9. The average molecular weight is 722 g/mol. The number of hydrogen-bond donors (Lipinski definition) is 2. The Hall–Kier alpha value is -2.70. The van der Waals surface area contributed by atoms with E-state index in [0.717, 1.165) is 27.6 Å². The number of hydrogen-bond acceptors (Lipinski definition) is 8. The molecule has 262 valence electrons. The minimum atomic E-state index is -3.86. The van der Waals surface area contributed by atoms with E-state index in [1.54, 1.807) is 24.6 Å². The van der Waals surface area contributed by atoms with Crippen molar-refractivity contribution in [2.45, 2.75) is 87.0 Å². The number of ketones is 1. The van der Waals surface area contributed by atoms with Crippen molar-refractivity contribution in [3.05, 3.63) is 99.3 Å². The molecular formula is C39H47NO6S3. The van der Waals surface area contributed by atoms with Crippen molar-refractivity contribution >= 4 is 48.6 Å². The predicted octanol–water partition coefficient (Wildman–Crippen LogP) is 7.96. The topological polar surface area (TPSA) is 104 Å². The van der Waals surface area contributed by atoms with Crippen molar-refractivity contribution in [1.82, 2.24) is 4.31 Å². The molecule has 3 aliphatic carbocycles. The molecule has 1 fully saturated rings. The lowest BCUT2D eigenvalue weighted by Crippen LogP contribution is -2.54. The predicted molar refractivity (Wildman–Crippen MR) is 198 cm³/mol. The normalized spacial score (nSPS) is 25.0. The van der Waals surface area contributed by atoms with Gasteiger partial charge in [0.25, 0.3) is 10.0 Å². The standard InChI is InChI=1S/C39H47NO6S3/c1-27-9-6-18-38(2)33(17-19-39(38,43)26-40(20-8-21-46-3)49(44,45)36-12-7-22-47-36)31-16-14-28(23-30(41)15-13-27)24-32(31)37(42)35-25-29-10-4-5-11-34(29)48-35/h4-5,7,9-12,14,16,22,24-25,30,33,41,43H,6,8,13,15,17-21,23,26H2,1-3H3. The Labute approximate surface area is 298 Å². The first-order valence-corrected chi connectivity index (χ1v) is 20.3. The van der Waals surface area contributed by atoms with Crippen LogP contribution in [-0.2, 0) is 21.2 Å². The summed E-state index contributed by atoms with van der Waals surface area (Å²) < 4.78 is 36.1. The Balaban J connectivity index is 1.45. The molecule has 4 aromatic rings. The molecule has 0 radical (unpaired) electrons. The molecule has 10 heteroatoms. The first-order valence-electron chi connectivity index (χ1n) is 17.2. The maximum atomic E-state index is 14.5. The number of rotatable bonds is 10. The molecule has 0 saturated heterocycles. The first kappa shape index (κ1) is 36.1. The van der Waals surface area contributed by atoms with Gasteiger partial charge in [0.15, 0.2) is 0 Å². The Morgan fingerprint density at radius 3 is 2.65 bits per heavy atom. The lowest BCUT2D eigenvalue weighted by molar-refractivity contribution is -0.0727. The van der Waals surface area contributed by atoms with Gasteiger partial charge in [0, 0.05) is 42.5 Å². The molecule has 2 N–H and O–H groups in total. The molecule has 7 nitrogen and oxygen atoms in total. The summed E-state index contributed by atoms with van der Waals surface area (Å²) >= 11 is 2.66. The van der Waals surface area contributed by atoms with E-state index >= 15 is 0 Å². The van der Waals surface area contributed by atoms with Gasteiger partial charge in [0.1, 0.15) is 4.21 Å². The molecule has 2 aromatic carbocycles. The molecule has 4 atom stereocenters. The summed E-state index contributed by atoms with van der Waals surface area (Å²) in [5, 5.41) is 26.6. The number of ether oxygens (including phenoxy) is 1. The number of fused-ring (bicyclic) bond motifs is 9. The second-order valence-corrected chi connectivity index (χ2v) is 18.2. The first-order chi connectivity index (χ1) is 23.4. The van der Waals surface area contributed by atoms with Crippen molar-refractivity contribution in [2.24, 2.45) is 5.41 Å². The number of sulfonamides is 1. The molecule has 7 rings (SSSR count). The number of methoxy groups -OCH3 is 1. The highest BCUT2D eigenvalue weighted by Crippen LogP contribution is 2.59. The zero-order valence-corrected chi connectivity index (χ0v) is 31.0. The van der Waals surface area contributed by atoms with E-state index in [4.69, 9.17) is 4.74 Å². The molecule has 49 heavy (non-hydrogen) atoms. The fraction of sp³-hybridized carbons (Fsp3) is 0.462. The third-order valence-corrected chi connectivity index (χ3v) is 15.2. The number of carbonyl (C=O) groups is 1. The molecule has 2 aromatic heterocycles. The number of thiophene rings is 2. The van der Waals surface area contributed by atoms with E-state index < -0.39 is 27.1 Å². The van der Waals surface area contributed by atoms with Crippen molar-refractivity contribution in [3.63, 3.8) is 0 Å². The van der Waals surface area contributed by atoms with Crippen LogP contribution < -0.4 is 0 Å². The van der Waals surface area contributed by atoms with Gasteiger partial charge >= 0.3 is 0 Å². The Morgan fingerprint density at radius 2 is 1.90 bits per heavy atom. The average Bonchev–Trinajstić information content (AvgIpc) is 3.83. The third kappa shape index (κ3) is 7.38. The van der Waals surface area contributed by atoms with Gasteiger partial charge in [-0.1, -0.05) is 55.0 Å². The summed E-state index contributed by atoms with van der Waals surface area (Å²) in [5.74, 6) is -0.263. The summed E-state index contributed by atoms with van der Waals surface area (Å²) in [7, 11) is -2.26. The minimum absolute atomic E-state index is 0.0451. The minimum Gasteiger partial charge on any atom is -0.393 e. The molecule has 3 aliphatic rings. The molecule has 2 bridgehead atoms. The fourth-order valence-electron chi connectivity index (χ4n) is 7.92. The molecule has 4 unspecified atom stereocenters. The van der Waals surface area contributed by atoms with Gasteiger partial charge in [0.2, 0.25) is 5.78 Å². The van der Waals surface area contributed by atoms with E-state index in [1.807, 2.05) is 48.5 Å². The lowest BCUT2D eigenvalue weighted by Gasteiger charge is -2.46. The van der Waals surface area contributed by atoms with Gasteiger partial charge in [-0.3, -0.25) is 4.79 Å². The molecular weight excluding hydrogens is 675 g/mol. The zero-order chi connectivity index (χ0) is 34.8.